The summed E-state index contributed by atoms with van der Waals surface area (Å²) in [4.78, 5) is 1.09. The Morgan fingerprint density at radius 3 is 2.64 bits per heavy atom. The van der Waals surface area contributed by atoms with Crippen LogP contribution >= 0.6 is 11.3 Å². The molecule has 0 aliphatic heterocycles. The SMILES string of the molecule is Cc1ccsc1C(N)CCS(C)(=O)=O. The molecule has 0 spiro atoms. The molecule has 0 amide bonds. The highest BCUT2D eigenvalue weighted by molar-refractivity contribution is 7.90. The van der Waals surface area contributed by atoms with Crippen molar-refractivity contribution in [1.82, 2.24) is 0 Å². The van der Waals surface area contributed by atoms with E-state index < -0.39 is 9.84 Å². The van der Waals surface area contributed by atoms with Crippen molar-refractivity contribution in [2.24, 2.45) is 5.73 Å². The quantitative estimate of drug-likeness (QED) is 0.857. The summed E-state index contributed by atoms with van der Waals surface area (Å²) in [7, 11) is -2.90. The second kappa shape index (κ2) is 4.42. The Morgan fingerprint density at radius 1 is 1.57 bits per heavy atom. The number of rotatable bonds is 4. The van der Waals surface area contributed by atoms with Crippen LogP contribution in [-0.2, 0) is 9.84 Å². The summed E-state index contributed by atoms with van der Waals surface area (Å²) in [6.45, 7) is 1.99. The maximum Gasteiger partial charge on any atom is 0.147 e. The van der Waals surface area contributed by atoms with Gasteiger partial charge in [-0.2, -0.15) is 0 Å². The Balaban J connectivity index is 2.60. The van der Waals surface area contributed by atoms with Crippen LogP contribution in [0.25, 0.3) is 0 Å². The Kier molecular flexibility index (Phi) is 3.69. The Bertz CT molecular complexity index is 395. The van der Waals surface area contributed by atoms with E-state index in [2.05, 4.69) is 0 Å². The van der Waals surface area contributed by atoms with Gasteiger partial charge in [0.2, 0.25) is 0 Å². The maximum atomic E-state index is 10.9. The molecule has 1 atom stereocenters. The van der Waals surface area contributed by atoms with Crippen LogP contribution in [0.1, 0.15) is 22.9 Å². The lowest BCUT2D eigenvalue weighted by Gasteiger charge is -2.09. The molecule has 0 aliphatic carbocycles. The first-order valence-corrected chi connectivity index (χ1v) is 7.31. The van der Waals surface area contributed by atoms with Gasteiger partial charge in [-0.25, -0.2) is 8.42 Å². The van der Waals surface area contributed by atoms with Crippen LogP contribution in [0.2, 0.25) is 0 Å². The largest absolute Gasteiger partial charge is 0.323 e. The van der Waals surface area contributed by atoms with Gasteiger partial charge in [-0.05, 0) is 30.4 Å². The van der Waals surface area contributed by atoms with Gasteiger partial charge in [0.15, 0.2) is 0 Å². The third-order valence-corrected chi connectivity index (χ3v) is 4.17. The fraction of sp³-hybridized carbons (Fsp3) is 0.556. The molecule has 0 aromatic carbocycles. The van der Waals surface area contributed by atoms with E-state index in [1.807, 2.05) is 18.4 Å². The standard InChI is InChI=1S/C9H15NO2S2/c1-7-3-5-13-9(7)8(10)4-6-14(2,11)12/h3,5,8H,4,6,10H2,1-2H3. The maximum absolute atomic E-state index is 10.9. The predicted molar refractivity (Wildman–Crippen MR) is 60.3 cm³/mol. The molecule has 1 aromatic heterocycles. The zero-order chi connectivity index (χ0) is 10.8. The van der Waals surface area contributed by atoms with E-state index in [4.69, 9.17) is 5.73 Å². The smallest absolute Gasteiger partial charge is 0.147 e. The first-order chi connectivity index (χ1) is 6.40. The van der Waals surface area contributed by atoms with E-state index in [0.29, 0.717) is 6.42 Å². The van der Waals surface area contributed by atoms with Crippen LogP contribution in [0.15, 0.2) is 11.4 Å². The number of sulfone groups is 1. The average Bonchev–Trinajstić information content (AvgIpc) is 2.46. The minimum absolute atomic E-state index is 0.148. The van der Waals surface area contributed by atoms with Crippen molar-refractivity contribution in [3.05, 3.63) is 21.9 Å². The van der Waals surface area contributed by atoms with Crippen LogP contribution in [-0.4, -0.2) is 20.4 Å². The summed E-state index contributed by atoms with van der Waals surface area (Å²) in [6, 6.07) is 1.85. The van der Waals surface area contributed by atoms with Crippen LogP contribution in [0, 0.1) is 6.92 Å². The minimum atomic E-state index is -2.90. The zero-order valence-corrected chi connectivity index (χ0v) is 9.99. The lowest BCUT2D eigenvalue weighted by Crippen LogP contribution is -2.15. The van der Waals surface area contributed by atoms with E-state index >= 15 is 0 Å². The Labute approximate surface area is 88.9 Å². The van der Waals surface area contributed by atoms with Gasteiger partial charge in [0.05, 0.1) is 5.75 Å². The van der Waals surface area contributed by atoms with Crippen LogP contribution in [0.5, 0.6) is 0 Å². The fourth-order valence-electron chi connectivity index (χ4n) is 1.24. The first kappa shape index (κ1) is 11.7. The molecule has 0 aliphatic rings. The van der Waals surface area contributed by atoms with Crippen molar-refractivity contribution in [1.29, 1.82) is 0 Å². The first-order valence-electron chi connectivity index (χ1n) is 4.37. The second-order valence-electron chi connectivity index (χ2n) is 3.49. The van der Waals surface area contributed by atoms with Gasteiger partial charge in [-0.1, -0.05) is 0 Å². The van der Waals surface area contributed by atoms with E-state index in [9.17, 15) is 8.42 Å². The van der Waals surface area contributed by atoms with Crippen LogP contribution in [0.4, 0.5) is 0 Å². The van der Waals surface area contributed by atoms with E-state index in [1.165, 1.54) is 6.26 Å². The van der Waals surface area contributed by atoms with Gasteiger partial charge in [0, 0.05) is 17.2 Å². The third kappa shape index (κ3) is 3.40. The molecule has 0 saturated carbocycles. The van der Waals surface area contributed by atoms with Crippen molar-refractivity contribution < 1.29 is 8.42 Å². The minimum Gasteiger partial charge on any atom is -0.323 e. The van der Waals surface area contributed by atoms with E-state index in [0.717, 1.165) is 10.4 Å². The highest BCUT2D eigenvalue weighted by atomic mass is 32.2. The van der Waals surface area contributed by atoms with Crippen molar-refractivity contribution in [2.45, 2.75) is 19.4 Å². The van der Waals surface area contributed by atoms with Gasteiger partial charge in [-0.15, -0.1) is 11.3 Å². The van der Waals surface area contributed by atoms with Crippen molar-refractivity contribution in [3.63, 3.8) is 0 Å². The van der Waals surface area contributed by atoms with Crippen LogP contribution < -0.4 is 5.73 Å². The summed E-state index contributed by atoms with van der Waals surface area (Å²) in [6.07, 6.45) is 1.74. The molecule has 5 heteroatoms. The molecule has 80 valence electrons. The van der Waals surface area contributed by atoms with Crippen LogP contribution in [0.3, 0.4) is 0 Å². The molecule has 0 bridgehead atoms. The molecule has 0 fully saturated rings. The fourth-order valence-corrected chi connectivity index (χ4v) is 2.88. The molecular formula is C9H15NO2S2. The normalized spacial score (nSPS) is 14.2. The van der Waals surface area contributed by atoms with Gasteiger partial charge in [-0.3, -0.25) is 0 Å². The molecule has 0 radical (unpaired) electrons. The topological polar surface area (TPSA) is 60.2 Å². The summed E-state index contributed by atoms with van der Waals surface area (Å²) in [5.41, 5.74) is 7.04. The van der Waals surface area contributed by atoms with E-state index in [1.54, 1.807) is 11.3 Å². The predicted octanol–water partition coefficient (Wildman–Crippen LogP) is 1.49. The molecule has 3 nitrogen and oxygen atoms in total. The third-order valence-electron chi connectivity index (χ3n) is 2.04. The molecule has 0 saturated heterocycles. The molecular weight excluding hydrogens is 218 g/mol. The molecule has 1 heterocycles. The second-order valence-corrected chi connectivity index (χ2v) is 6.70. The monoisotopic (exact) mass is 233 g/mol. The van der Waals surface area contributed by atoms with Gasteiger partial charge in [0.1, 0.15) is 9.84 Å². The van der Waals surface area contributed by atoms with Gasteiger partial charge in [0.25, 0.3) is 0 Å². The van der Waals surface area contributed by atoms with Crippen molar-refractivity contribution in [3.8, 4) is 0 Å². The summed E-state index contributed by atoms with van der Waals surface area (Å²) in [5, 5.41) is 1.98. The zero-order valence-electron chi connectivity index (χ0n) is 8.36. The summed E-state index contributed by atoms with van der Waals surface area (Å²) < 4.78 is 21.9. The van der Waals surface area contributed by atoms with Gasteiger partial charge < -0.3 is 5.73 Å². The lowest BCUT2D eigenvalue weighted by molar-refractivity contribution is 0.592. The molecule has 2 N–H and O–H groups in total. The van der Waals surface area contributed by atoms with Crippen molar-refractivity contribution in [2.75, 3.05) is 12.0 Å². The van der Waals surface area contributed by atoms with E-state index in [-0.39, 0.29) is 11.8 Å². The Hall–Kier alpha value is -0.390. The molecule has 1 rings (SSSR count). The highest BCUT2D eigenvalue weighted by Gasteiger charge is 2.12. The van der Waals surface area contributed by atoms with Crippen molar-refractivity contribution >= 4 is 21.2 Å². The molecule has 14 heavy (non-hydrogen) atoms. The number of hydrogen-bond donors (Lipinski definition) is 1. The summed E-state index contributed by atoms with van der Waals surface area (Å²) in [5.74, 6) is 0.158. The average molecular weight is 233 g/mol. The summed E-state index contributed by atoms with van der Waals surface area (Å²) >= 11 is 1.59. The van der Waals surface area contributed by atoms with Gasteiger partial charge >= 0.3 is 0 Å². The highest BCUT2D eigenvalue weighted by Crippen LogP contribution is 2.24. The molecule has 1 aromatic rings. The Morgan fingerprint density at radius 2 is 2.21 bits per heavy atom. The molecule has 1 unspecified atom stereocenters. The number of aryl methyl sites for hydroxylation is 1. The lowest BCUT2D eigenvalue weighted by atomic mass is 10.1. The number of thiophene rings is 1. The number of nitrogens with two attached hydrogens (primary N) is 1. The number of hydrogen-bond acceptors (Lipinski definition) is 4.